The molecular formula is H3IrNaO3S. The Labute approximate surface area is 73.6 Å². The van der Waals surface area contributed by atoms with Gasteiger partial charge in [0.1, 0.15) is 0 Å². The van der Waals surface area contributed by atoms with Gasteiger partial charge in [-0.1, -0.05) is 0 Å². The summed E-state index contributed by atoms with van der Waals surface area (Å²) in [5, 5.41) is 0. The molecule has 0 aliphatic rings. The zero-order valence-corrected chi connectivity index (χ0v) is 5.26. The number of rotatable bonds is 0. The van der Waals surface area contributed by atoms with Gasteiger partial charge in [0.15, 0.2) is 0 Å². The van der Waals surface area contributed by atoms with Crippen LogP contribution in [-0.4, -0.2) is 42.9 Å². The Kier molecular flexibility index (Phi) is 25.7. The molecule has 0 aromatic rings. The number of hydrogen-bond acceptors (Lipinski definition) is 1. The molecule has 6 heavy (non-hydrogen) atoms. The summed E-state index contributed by atoms with van der Waals surface area (Å²) >= 11 is -2.61. The molecule has 0 rings (SSSR count). The van der Waals surface area contributed by atoms with Crippen LogP contribution < -0.4 is 0 Å². The molecule has 0 saturated carbocycles. The average Bonchev–Trinajstić information content (AvgIpc) is 0.811. The summed E-state index contributed by atoms with van der Waals surface area (Å²) in [6.07, 6.45) is 0. The first kappa shape index (κ1) is 15.6. The minimum absolute atomic E-state index is 0. The van der Waals surface area contributed by atoms with Crippen molar-refractivity contribution in [3.05, 3.63) is 0 Å². The van der Waals surface area contributed by atoms with E-state index in [0.717, 1.165) is 0 Å². The fourth-order valence-corrected chi connectivity index (χ4v) is 0. The fourth-order valence-electron chi connectivity index (χ4n) is 0. The van der Waals surface area contributed by atoms with Crippen molar-refractivity contribution < 1.29 is 33.4 Å². The van der Waals surface area contributed by atoms with Crippen LogP contribution in [0.5, 0.6) is 0 Å². The van der Waals surface area contributed by atoms with Gasteiger partial charge < -0.3 is 0 Å². The van der Waals surface area contributed by atoms with Gasteiger partial charge in [-0.05, 0) is 0 Å². The van der Waals surface area contributed by atoms with E-state index in [4.69, 9.17) is 13.3 Å². The van der Waals surface area contributed by atoms with E-state index in [0.29, 0.717) is 0 Å². The summed E-state index contributed by atoms with van der Waals surface area (Å²) in [4.78, 5) is 0. The van der Waals surface area contributed by atoms with Crippen molar-refractivity contribution in [1.29, 1.82) is 0 Å². The first-order valence-electron chi connectivity index (χ1n) is 0.532. The standard InChI is InChI=1S/Ir.Na.H2O3S.H/c;;1-4(2)3;/h;;(H2,1,2,3);. The van der Waals surface area contributed by atoms with Crippen LogP contribution in [0.3, 0.4) is 0 Å². The van der Waals surface area contributed by atoms with E-state index in [9.17, 15) is 0 Å². The van der Waals surface area contributed by atoms with Gasteiger partial charge in [0.2, 0.25) is 0 Å². The van der Waals surface area contributed by atoms with Crippen LogP contribution in [0.4, 0.5) is 0 Å². The van der Waals surface area contributed by atoms with E-state index in [1.807, 2.05) is 0 Å². The van der Waals surface area contributed by atoms with Gasteiger partial charge in [0.05, 0.1) is 0 Å². The zero-order valence-electron chi connectivity index (χ0n) is 2.04. The molecule has 0 bridgehead atoms. The molecule has 0 fully saturated rings. The predicted molar refractivity (Wildman–Crippen MR) is 20.5 cm³/mol. The SMILES string of the molecule is O=S(O)O.[Ir].[NaH]. The molecule has 0 saturated heterocycles. The van der Waals surface area contributed by atoms with Gasteiger partial charge in [0.25, 0.3) is 11.4 Å². The van der Waals surface area contributed by atoms with E-state index in [1.165, 1.54) is 0 Å². The van der Waals surface area contributed by atoms with Gasteiger partial charge in [-0.25, -0.2) is 0 Å². The molecule has 3 nitrogen and oxygen atoms in total. The Bertz CT molecular complexity index is 33.8. The second kappa shape index (κ2) is 9.87. The summed E-state index contributed by atoms with van der Waals surface area (Å²) in [6.45, 7) is 0. The third-order valence-corrected chi connectivity index (χ3v) is 0. The molecule has 1 radical (unpaired) electrons. The van der Waals surface area contributed by atoms with Gasteiger partial charge >= 0.3 is 29.6 Å². The van der Waals surface area contributed by atoms with Crippen molar-refractivity contribution in [2.45, 2.75) is 0 Å². The Balaban J connectivity index is -0.0000000450. The van der Waals surface area contributed by atoms with Crippen LogP contribution in [0.25, 0.3) is 0 Å². The molecule has 0 spiro atoms. The molecule has 37 valence electrons. The molecule has 0 aromatic carbocycles. The molecule has 0 aromatic heterocycles. The monoisotopic (exact) mass is 299 g/mol. The van der Waals surface area contributed by atoms with Gasteiger partial charge in [-0.15, -0.1) is 0 Å². The van der Waals surface area contributed by atoms with Crippen molar-refractivity contribution >= 4 is 40.9 Å². The van der Waals surface area contributed by atoms with Gasteiger partial charge in [0, 0.05) is 20.1 Å². The normalized spacial score (nSPS) is 5.83. The summed E-state index contributed by atoms with van der Waals surface area (Å²) in [5.41, 5.74) is 0. The molecule has 0 aliphatic heterocycles. The molecule has 6 heteroatoms. The number of hydrogen-bond donors (Lipinski definition) is 2. The van der Waals surface area contributed by atoms with E-state index >= 15 is 0 Å². The predicted octanol–water partition coefficient (Wildman–Crippen LogP) is -0.970. The van der Waals surface area contributed by atoms with Crippen LogP contribution in [0.15, 0.2) is 0 Å². The second-order valence-electron chi connectivity index (χ2n) is 0.231. The van der Waals surface area contributed by atoms with Crippen molar-refractivity contribution in [2.24, 2.45) is 0 Å². The summed E-state index contributed by atoms with van der Waals surface area (Å²) < 4.78 is 22.8. The maximum absolute atomic E-state index is 8.67. The molecule has 0 amide bonds. The summed E-state index contributed by atoms with van der Waals surface area (Å²) in [7, 11) is 0. The fraction of sp³-hybridized carbons (Fsp3) is 0. The van der Waals surface area contributed by atoms with Crippen LogP contribution in [0, 0.1) is 0 Å². The Morgan fingerprint density at radius 3 is 1.33 bits per heavy atom. The van der Waals surface area contributed by atoms with Crippen molar-refractivity contribution in [1.82, 2.24) is 0 Å². The van der Waals surface area contributed by atoms with Crippen LogP contribution in [0.2, 0.25) is 0 Å². The summed E-state index contributed by atoms with van der Waals surface area (Å²) in [5.74, 6) is 0. The minimum atomic E-state index is -2.61. The van der Waals surface area contributed by atoms with Gasteiger partial charge in [-0.2, -0.15) is 4.21 Å². The van der Waals surface area contributed by atoms with E-state index in [2.05, 4.69) is 0 Å². The van der Waals surface area contributed by atoms with E-state index < -0.39 is 11.4 Å². The first-order valence-corrected chi connectivity index (χ1v) is 1.60. The second-order valence-corrected chi connectivity index (χ2v) is 0.692. The Morgan fingerprint density at radius 1 is 1.33 bits per heavy atom. The maximum atomic E-state index is 8.67. The quantitative estimate of drug-likeness (QED) is 0.447. The van der Waals surface area contributed by atoms with Crippen LogP contribution >= 0.6 is 0 Å². The third-order valence-electron chi connectivity index (χ3n) is 0. The molecule has 0 atom stereocenters. The molecule has 2 N–H and O–H groups in total. The molecule has 0 unspecified atom stereocenters. The topological polar surface area (TPSA) is 57.5 Å². The van der Waals surface area contributed by atoms with Crippen LogP contribution in [0.1, 0.15) is 0 Å². The van der Waals surface area contributed by atoms with E-state index in [1.54, 1.807) is 0 Å². The third kappa shape index (κ3) is 43.1. The van der Waals surface area contributed by atoms with Crippen molar-refractivity contribution in [2.75, 3.05) is 0 Å². The summed E-state index contributed by atoms with van der Waals surface area (Å²) in [6, 6.07) is 0. The van der Waals surface area contributed by atoms with E-state index in [-0.39, 0.29) is 49.7 Å². The van der Waals surface area contributed by atoms with Crippen molar-refractivity contribution in [3.8, 4) is 0 Å². The Hall–Kier alpha value is 1.72. The average molecular weight is 298 g/mol. The molecular weight excluding hydrogens is 295 g/mol. The van der Waals surface area contributed by atoms with Gasteiger partial charge in [-0.3, -0.25) is 9.11 Å². The Morgan fingerprint density at radius 2 is 1.33 bits per heavy atom. The van der Waals surface area contributed by atoms with Crippen molar-refractivity contribution in [3.63, 3.8) is 0 Å². The van der Waals surface area contributed by atoms with Crippen LogP contribution in [-0.2, 0) is 31.5 Å². The zero-order chi connectivity index (χ0) is 3.58. The first-order chi connectivity index (χ1) is 1.73. The molecule has 0 aliphatic carbocycles. The molecule has 0 heterocycles.